The summed E-state index contributed by atoms with van der Waals surface area (Å²) < 4.78 is 39.0. The molecule has 0 aliphatic carbocycles. The number of amides is 1. The molecule has 0 radical (unpaired) electrons. The first-order valence-electron chi connectivity index (χ1n) is 11.4. The Labute approximate surface area is 207 Å². The van der Waals surface area contributed by atoms with Crippen LogP contribution < -0.4 is 19.1 Å². The van der Waals surface area contributed by atoms with Crippen molar-refractivity contribution in [3.8, 4) is 11.5 Å². The molecule has 0 heterocycles. The van der Waals surface area contributed by atoms with Crippen molar-refractivity contribution in [3.05, 3.63) is 84.4 Å². The molecular formula is C27H32N2O5S. The first-order valence-corrected chi connectivity index (χ1v) is 12.8. The number of nitrogens with zero attached hydrogens (tertiary/aromatic N) is 1. The number of rotatable bonds is 11. The molecule has 7 nitrogen and oxygen atoms in total. The molecule has 0 aromatic heterocycles. The van der Waals surface area contributed by atoms with Gasteiger partial charge < -0.3 is 14.8 Å². The molecule has 3 aromatic carbocycles. The monoisotopic (exact) mass is 496 g/mol. The highest BCUT2D eigenvalue weighted by Gasteiger charge is 2.30. The van der Waals surface area contributed by atoms with Crippen LogP contribution in [0, 0.1) is 5.92 Å². The first kappa shape index (κ1) is 26.1. The number of sulfonamides is 1. The van der Waals surface area contributed by atoms with Crippen molar-refractivity contribution in [1.82, 2.24) is 5.32 Å². The summed E-state index contributed by atoms with van der Waals surface area (Å²) in [6, 6.07) is 22.0. The van der Waals surface area contributed by atoms with E-state index in [0.717, 1.165) is 15.6 Å². The molecule has 8 heteroatoms. The minimum atomic E-state index is -4.04. The van der Waals surface area contributed by atoms with Crippen molar-refractivity contribution in [2.45, 2.75) is 31.2 Å². The molecule has 0 spiro atoms. The molecule has 0 aliphatic rings. The summed E-state index contributed by atoms with van der Waals surface area (Å²) in [6.45, 7) is 3.75. The second kappa shape index (κ2) is 11.8. The van der Waals surface area contributed by atoms with Gasteiger partial charge >= 0.3 is 0 Å². The van der Waals surface area contributed by atoms with E-state index in [1.165, 1.54) is 19.2 Å². The summed E-state index contributed by atoms with van der Waals surface area (Å²) in [4.78, 5) is 13.4. The van der Waals surface area contributed by atoms with Crippen molar-refractivity contribution in [1.29, 1.82) is 0 Å². The van der Waals surface area contributed by atoms with E-state index in [1.807, 2.05) is 24.3 Å². The lowest BCUT2D eigenvalue weighted by Gasteiger charge is -2.27. The van der Waals surface area contributed by atoms with Crippen molar-refractivity contribution < 1.29 is 22.7 Å². The summed E-state index contributed by atoms with van der Waals surface area (Å²) in [5, 5.41) is 3.04. The van der Waals surface area contributed by atoms with Gasteiger partial charge in [-0.25, -0.2) is 8.42 Å². The second-order valence-corrected chi connectivity index (χ2v) is 10.4. The van der Waals surface area contributed by atoms with Gasteiger partial charge in [0.05, 0.1) is 30.8 Å². The molecular weight excluding hydrogens is 464 g/mol. The Bertz CT molecular complexity index is 1210. The van der Waals surface area contributed by atoms with Crippen LogP contribution in [-0.4, -0.2) is 35.1 Å². The highest BCUT2D eigenvalue weighted by atomic mass is 32.2. The number of benzene rings is 3. The zero-order valence-electron chi connectivity index (χ0n) is 20.5. The molecule has 0 saturated carbocycles. The lowest BCUT2D eigenvalue weighted by atomic mass is 9.97. The van der Waals surface area contributed by atoms with Gasteiger partial charge in [-0.3, -0.25) is 9.10 Å². The molecule has 0 saturated heterocycles. The second-order valence-electron chi connectivity index (χ2n) is 8.52. The average molecular weight is 497 g/mol. The Balaban J connectivity index is 1.94. The lowest BCUT2D eigenvalue weighted by molar-refractivity contribution is -0.120. The predicted octanol–water partition coefficient (Wildman–Crippen LogP) is 4.80. The third-order valence-corrected chi connectivity index (χ3v) is 7.31. The largest absolute Gasteiger partial charge is 0.497 e. The van der Waals surface area contributed by atoms with Crippen LogP contribution in [0.15, 0.2) is 83.8 Å². The Hall–Kier alpha value is -3.52. The van der Waals surface area contributed by atoms with Gasteiger partial charge in [-0.15, -0.1) is 0 Å². The normalized spacial score (nSPS) is 12.1. The number of methoxy groups -OCH3 is 2. The number of anilines is 1. The van der Waals surface area contributed by atoms with E-state index in [9.17, 15) is 13.2 Å². The summed E-state index contributed by atoms with van der Waals surface area (Å²) in [7, 11) is -0.972. The van der Waals surface area contributed by atoms with Crippen LogP contribution in [0.4, 0.5) is 5.69 Å². The van der Waals surface area contributed by atoms with Crippen LogP contribution in [0.1, 0.15) is 31.9 Å². The molecule has 3 aromatic rings. The molecule has 3 rings (SSSR count). The standard InChI is InChI=1S/C27H32N2O5S/c1-20(2)18-24(21-14-16-22(33-3)17-15-21)28-27(30)19-29(25-12-8-9-13-26(25)34-4)35(31,32)23-10-6-5-7-11-23/h5-17,20,24H,18-19H2,1-4H3,(H,28,30)/t24-/m1/s1. The number of carbonyl (C=O) groups excluding carboxylic acids is 1. The van der Waals surface area contributed by atoms with E-state index in [4.69, 9.17) is 9.47 Å². The molecule has 35 heavy (non-hydrogen) atoms. The predicted molar refractivity (Wildman–Crippen MR) is 137 cm³/mol. The van der Waals surface area contributed by atoms with E-state index in [1.54, 1.807) is 49.6 Å². The van der Waals surface area contributed by atoms with E-state index in [2.05, 4.69) is 19.2 Å². The minimum absolute atomic E-state index is 0.0904. The molecule has 1 N–H and O–H groups in total. The lowest BCUT2D eigenvalue weighted by Crippen LogP contribution is -2.42. The molecule has 1 amide bonds. The fraction of sp³-hybridized carbons (Fsp3) is 0.296. The van der Waals surface area contributed by atoms with E-state index >= 15 is 0 Å². The molecule has 0 aliphatic heterocycles. The van der Waals surface area contributed by atoms with Crippen molar-refractivity contribution >= 4 is 21.6 Å². The average Bonchev–Trinajstić information content (AvgIpc) is 2.87. The number of ether oxygens (including phenoxy) is 2. The summed E-state index contributed by atoms with van der Waals surface area (Å²) in [5.74, 6) is 0.964. The van der Waals surface area contributed by atoms with Gasteiger partial charge in [0, 0.05) is 0 Å². The Morgan fingerprint density at radius 3 is 2.11 bits per heavy atom. The molecule has 1 atom stereocenters. The quantitative estimate of drug-likeness (QED) is 0.412. The fourth-order valence-corrected chi connectivity index (χ4v) is 5.26. The van der Waals surface area contributed by atoms with Crippen LogP contribution >= 0.6 is 0 Å². The molecule has 0 unspecified atom stereocenters. The molecule has 0 fully saturated rings. The topological polar surface area (TPSA) is 84.9 Å². The number of para-hydroxylation sites is 2. The molecule has 0 bridgehead atoms. The van der Waals surface area contributed by atoms with Gasteiger partial charge in [0.2, 0.25) is 5.91 Å². The fourth-order valence-electron chi connectivity index (χ4n) is 3.81. The smallest absolute Gasteiger partial charge is 0.264 e. The zero-order chi connectivity index (χ0) is 25.4. The van der Waals surface area contributed by atoms with E-state index in [0.29, 0.717) is 23.8 Å². The SMILES string of the molecule is COc1ccc([C@@H](CC(C)C)NC(=O)CN(c2ccccc2OC)S(=O)(=O)c2ccccc2)cc1. The highest BCUT2D eigenvalue weighted by Crippen LogP contribution is 2.32. The number of hydrogen-bond donors (Lipinski definition) is 1. The van der Waals surface area contributed by atoms with Crippen LogP contribution in [0.3, 0.4) is 0 Å². The third kappa shape index (κ3) is 6.54. The highest BCUT2D eigenvalue weighted by molar-refractivity contribution is 7.92. The van der Waals surface area contributed by atoms with Gasteiger partial charge in [-0.2, -0.15) is 0 Å². The maximum atomic E-state index is 13.6. The summed E-state index contributed by atoms with van der Waals surface area (Å²) in [6.07, 6.45) is 0.693. The first-order chi connectivity index (χ1) is 16.8. The van der Waals surface area contributed by atoms with Crippen LogP contribution in [0.5, 0.6) is 11.5 Å². The maximum Gasteiger partial charge on any atom is 0.264 e. The van der Waals surface area contributed by atoms with Crippen LogP contribution in [0.25, 0.3) is 0 Å². The zero-order valence-corrected chi connectivity index (χ0v) is 21.3. The van der Waals surface area contributed by atoms with Crippen LogP contribution in [0.2, 0.25) is 0 Å². The number of nitrogens with one attached hydrogen (secondary N) is 1. The summed E-state index contributed by atoms with van der Waals surface area (Å²) in [5.41, 5.74) is 1.21. The Morgan fingerprint density at radius 1 is 0.886 bits per heavy atom. The van der Waals surface area contributed by atoms with E-state index in [-0.39, 0.29) is 10.9 Å². The van der Waals surface area contributed by atoms with Crippen LogP contribution in [-0.2, 0) is 14.8 Å². The Morgan fingerprint density at radius 2 is 1.51 bits per heavy atom. The Kier molecular flexibility index (Phi) is 8.76. The number of hydrogen-bond acceptors (Lipinski definition) is 5. The van der Waals surface area contributed by atoms with Gasteiger partial charge in [-0.05, 0) is 54.3 Å². The van der Waals surface area contributed by atoms with Gasteiger partial charge in [-0.1, -0.05) is 56.3 Å². The van der Waals surface area contributed by atoms with Gasteiger partial charge in [0.1, 0.15) is 18.0 Å². The van der Waals surface area contributed by atoms with Gasteiger partial charge in [0.25, 0.3) is 10.0 Å². The van der Waals surface area contributed by atoms with Crippen molar-refractivity contribution in [2.75, 3.05) is 25.1 Å². The number of carbonyl (C=O) groups is 1. The van der Waals surface area contributed by atoms with E-state index < -0.39 is 22.5 Å². The third-order valence-electron chi connectivity index (χ3n) is 5.53. The molecule has 186 valence electrons. The van der Waals surface area contributed by atoms with Crippen molar-refractivity contribution in [2.24, 2.45) is 5.92 Å². The maximum absolute atomic E-state index is 13.6. The van der Waals surface area contributed by atoms with Gasteiger partial charge in [0.15, 0.2) is 0 Å². The minimum Gasteiger partial charge on any atom is -0.497 e. The summed E-state index contributed by atoms with van der Waals surface area (Å²) >= 11 is 0. The van der Waals surface area contributed by atoms with Crippen molar-refractivity contribution in [3.63, 3.8) is 0 Å².